The van der Waals surface area contributed by atoms with Crippen LogP contribution in [-0.2, 0) is 19.4 Å². The first kappa shape index (κ1) is 18.4. The van der Waals surface area contributed by atoms with Crippen LogP contribution >= 0.6 is 0 Å². The number of nitrogens with zero attached hydrogens (tertiary/aromatic N) is 4. The minimum Gasteiger partial charge on any atom is -0.361 e. The predicted octanol–water partition coefficient (Wildman–Crippen LogP) is 1.87. The van der Waals surface area contributed by atoms with E-state index in [1.165, 1.54) is 0 Å². The molecule has 2 aromatic rings. The second-order valence-electron chi connectivity index (χ2n) is 7.41. The molecule has 1 aliphatic rings. The summed E-state index contributed by atoms with van der Waals surface area (Å²) < 4.78 is 6.94. The lowest BCUT2D eigenvalue weighted by Crippen LogP contribution is -2.39. The summed E-state index contributed by atoms with van der Waals surface area (Å²) in [5.41, 5.74) is 0.240. The maximum absolute atomic E-state index is 12.6. The summed E-state index contributed by atoms with van der Waals surface area (Å²) in [4.78, 5) is 26.1. The Kier molecular flexibility index (Phi) is 5.58. The van der Waals surface area contributed by atoms with Gasteiger partial charge < -0.3 is 9.42 Å². The van der Waals surface area contributed by atoms with Gasteiger partial charge in [-0.05, 0) is 31.6 Å². The predicted molar refractivity (Wildman–Crippen MR) is 95.9 cm³/mol. The fourth-order valence-corrected chi connectivity index (χ4v) is 3.50. The Morgan fingerprint density at radius 2 is 2.12 bits per heavy atom. The molecule has 0 radical (unpaired) electrons. The number of carbonyl (C=O) groups is 1. The molecule has 0 spiro atoms. The van der Waals surface area contributed by atoms with Gasteiger partial charge in [0.1, 0.15) is 11.6 Å². The number of H-pyrrole nitrogens is 1. The van der Waals surface area contributed by atoms with Gasteiger partial charge in [-0.25, -0.2) is 9.89 Å². The first-order valence-corrected chi connectivity index (χ1v) is 9.36. The third kappa shape index (κ3) is 4.05. The third-order valence-corrected chi connectivity index (χ3v) is 4.91. The van der Waals surface area contributed by atoms with Crippen molar-refractivity contribution in [3.8, 4) is 0 Å². The molecule has 1 saturated heterocycles. The molecule has 8 nitrogen and oxygen atoms in total. The Labute approximate surface area is 152 Å². The van der Waals surface area contributed by atoms with Crippen molar-refractivity contribution in [2.75, 3.05) is 13.1 Å². The van der Waals surface area contributed by atoms with Crippen molar-refractivity contribution in [3.63, 3.8) is 0 Å². The van der Waals surface area contributed by atoms with Crippen LogP contribution in [0, 0.1) is 11.8 Å². The molecule has 1 N–H and O–H groups in total. The highest BCUT2D eigenvalue weighted by molar-refractivity contribution is 5.92. The number of rotatable bonds is 6. The van der Waals surface area contributed by atoms with E-state index >= 15 is 0 Å². The quantitative estimate of drug-likeness (QED) is 0.847. The number of amides is 1. The fourth-order valence-electron chi connectivity index (χ4n) is 3.50. The SMILES string of the molecule is CCn1c(CC2CCN(C(=O)c3cc(CC(C)C)on3)CC2)n[nH]c1=O. The molecule has 0 aromatic carbocycles. The largest absolute Gasteiger partial charge is 0.361 e. The molecular weight excluding hydrogens is 334 g/mol. The molecule has 1 amide bonds. The van der Waals surface area contributed by atoms with Gasteiger partial charge in [-0.2, -0.15) is 5.10 Å². The maximum atomic E-state index is 12.6. The van der Waals surface area contributed by atoms with Crippen molar-refractivity contribution in [1.29, 1.82) is 0 Å². The van der Waals surface area contributed by atoms with Gasteiger partial charge in [-0.1, -0.05) is 19.0 Å². The van der Waals surface area contributed by atoms with E-state index < -0.39 is 0 Å². The molecular formula is C18H27N5O3. The van der Waals surface area contributed by atoms with Crippen LogP contribution in [0.3, 0.4) is 0 Å². The van der Waals surface area contributed by atoms with E-state index in [1.54, 1.807) is 10.6 Å². The van der Waals surface area contributed by atoms with Crippen LogP contribution in [0.15, 0.2) is 15.4 Å². The van der Waals surface area contributed by atoms with Crippen LogP contribution < -0.4 is 5.69 Å². The third-order valence-electron chi connectivity index (χ3n) is 4.91. The molecule has 142 valence electrons. The lowest BCUT2D eigenvalue weighted by Gasteiger charge is -2.31. The van der Waals surface area contributed by atoms with Crippen LogP contribution in [0.4, 0.5) is 0 Å². The Bertz CT molecular complexity index is 796. The summed E-state index contributed by atoms with van der Waals surface area (Å²) in [6, 6.07) is 1.76. The van der Waals surface area contributed by atoms with E-state index in [9.17, 15) is 9.59 Å². The smallest absolute Gasteiger partial charge is 0.343 e. The molecule has 2 aromatic heterocycles. The molecule has 0 aliphatic carbocycles. The minimum atomic E-state index is -0.154. The molecule has 26 heavy (non-hydrogen) atoms. The number of piperidine rings is 1. The fraction of sp³-hybridized carbons (Fsp3) is 0.667. The number of hydrogen-bond donors (Lipinski definition) is 1. The van der Waals surface area contributed by atoms with Gasteiger partial charge in [-0.15, -0.1) is 0 Å². The van der Waals surface area contributed by atoms with E-state index in [1.807, 2.05) is 11.8 Å². The second kappa shape index (κ2) is 7.88. The molecule has 3 rings (SSSR count). The molecule has 0 saturated carbocycles. The molecule has 1 fully saturated rings. The highest BCUT2D eigenvalue weighted by Gasteiger charge is 2.27. The zero-order chi connectivity index (χ0) is 18.7. The van der Waals surface area contributed by atoms with E-state index in [0.717, 1.165) is 37.3 Å². The lowest BCUT2D eigenvalue weighted by atomic mass is 9.93. The number of hydrogen-bond acceptors (Lipinski definition) is 5. The number of nitrogens with one attached hydrogen (secondary N) is 1. The van der Waals surface area contributed by atoms with Crippen LogP contribution in [0.1, 0.15) is 55.7 Å². The zero-order valence-corrected chi connectivity index (χ0v) is 15.7. The van der Waals surface area contributed by atoms with E-state index in [-0.39, 0.29) is 11.6 Å². The average molecular weight is 361 g/mol. The Hall–Kier alpha value is -2.38. The van der Waals surface area contributed by atoms with Gasteiger partial charge in [0, 0.05) is 38.5 Å². The molecule has 3 heterocycles. The molecule has 0 unspecified atom stereocenters. The zero-order valence-electron chi connectivity index (χ0n) is 15.7. The van der Waals surface area contributed by atoms with Crippen molar-refractivity contribution in [1.82, 2.24) is 24.8 Å². The van der Waals surface area contributed by atoms with Crippen LogP contribution in [0.25, 0.3) is 0 Å². The maximum Gasteiger partial charge on any atom is 0.343 e. The lowest BCUT2D eigenvalue weighted by molar-refractivity contribution is 0.0679. The topological polar surface area (TPSA) is 97.0 Å². The van der Waals surface area contributed by atoms with E-state index in [0.29, 0.717) is 37.2 Å². The molecule has 0 atom stereocenters. The van der Waals surface area contributed by atoms with Crippen molar-refractivity contribution in [3.05, 3.63) is 33.8 Å². The van der Waals surface area contributed by atoms with Crippen LogP contribution in [0.2, 0.25) is 0 Å². The van der Waals surface area contributed by atoms with Gasteiger partial charge >= 0.3 is 5.69 Å². The number of carbonyl (C=O) groups excluding carboxylic acids is 1. The second-order valence-corrected chi connectivity index (χ2v) is 7.41. The monoisotopic (exact) mass is 361 g/mol. The van der Waals surface area contributed by atoms with Crippen LogP contribution in [-0.4, -0.2) is 43.8 Å². The summed E-state index contributed by atoms with van der Waals surface area (Å²) in [6.45, 7) is 8.14. The van der Waals surface area contributed by atoms with Gasteiger partial charge in [0.2, 0.25) is 0 Å². The summed E-state index contributed by atoms with van der Waals surface area (Å²) in [7, 11) is 0. The number of aromatic nitrogens is 4. The summed E-state index contributed by atoms with van der Waals surface area (Å²) in [5.74, 6) is 2.39. The molecule has 1 aliphatic heterocycles. The van der Waals surface area contributed by atoms with E-state index in [2.05, 4.69) is 29.2 Å². The Morgan fingerprint density at radius 3 is 2.77 bits per heavy atom. The van der Waals surface area contributed by atoms with Gasteiger partial charge in [0.05, 0.1) is 0 Å². The van der Waals surface area contributed by atoms with Gasteiger partial charge in [0.25, 0.3) is 5.91 Å². The Morgan fingerprint density at radius 1 is 1.38 bits per heavy atom. The first-order valence-electron chi connectivity index (χ1n) is 9.36. The molecule has 8 heteroatoms. The number of aromatic amines is 1. The van der Waals surface area contributed by atoms with Crippen molar-refractivity contribution >= 4 is 5.91 Å². The molecule has 0 bridgehead atoms. The van der Waals surface area contributed by atoms with Crippen molar-refractivity contribution in [2.45, 2.75) is 53.0 Å². The normalized spacial score (nSPS) is 15.8. The van der Waals surface area contributed by atoms with E-state index in [4.69, 9.17) is 4.52 Å². The Balaban J connectivity index is 1.55. The van der Waals surface area contributed by atoms with Crippen molar-refractivity contribution < 1.29 is 9.32 Å². The summed E-state index contributed by atoms with van der Waals surface area (Å²) in [5, 5.41) is 10.6. The highest BCUT2D eigenvalue weighted by Crippen LogP contribution is 2.22. The average Bonchev–Trinajstić information content (AvgIpc) is 3.21. The number of likely N-dealkylation sites (tertiary alicyclic amines) is 1. The van der Waals surface area contributed by atoms with Crippen molar-refractivity contribution in [2.24, 2.45) is 11.8 Å². The van der Waals surface area contributed by atoms with Crippen LogP contribution in [0.5, 0.6) is 0 Å². The first-order chi connectivity index (χ1) is 12.5. The standard InChI is InChI=1S/C18H27N5O3/c1-4-23-16(19-20-18(23)25)10-13-5-7-22(8-6-13)17(24)15-11-14(26-21-15)9-12(2)3/h11-13H,4-10H2,1-3H3,(H,20,25). The van der Waals surface area contributed by atoms with Gasteiger partial charge in [0.15, 0.2) is 5.69 Å². The highest BCUT2D eigenvalue weighted by atomic mass is 16.5. The van der Waals surface area contributed by atoms with Gasteiger partial charge in [-0.3, -0.25) is 9.36 Å². The summed E-state index contributed by atoms with van der Waals surface area (Å²) in [6.07, 6.45) is 3.34. The summed E-state index contributed by atoms with van der Waals surface area (Å²) >= 11 is 0. The minimum absolute atomic E-state index is 0.0626.